The number of carbonyl (C=O) groups is 2. The Morgan fingerprint density at radius 2 is 1.90 bits per heavy atom. The van der Waals surface area contributed by atoms with Crippen LogP contribution in [-0.4, -0.2) is 39.4 Å². The van der Waals surface area contributed by atoms with Gasteiger partial charge < -0.3 is 14.8 Å². The Hall–Kier alpha value is -3.48. The second-order valence-electron chi connectivity index (χ2n) is 6.98. The number of benzene rings is 2. The lowest BCUT2D eigenvalue weighted by Crippen LogP contribution is -2.52. The van der Waals surface area contributed by atoms with Crippen molar-refractivity contribution in [3.8, 4) is 0 Å². The summed E-state index contributed by atoms with van der Waals surface area (Å²) in [4.78, 5) is 31.2. The molecule has 2 heterocycles. The molecule has 1 aliphatic heterocycles. The van der Waals surface area contributed by atoms with E-state index >= 15 is 0 Å². The summed E-state index contributed by atoms with van der Waals surface area (Å²) in [5.74, 6) is -1.10. The highest BCUT2D eigenvalue weighted by atomic mass is 19.1. The molecule has 0 saturated carbocycles. The van der Waals surface area contributed by atoms with Crippen molar-refractivity contribution in [3.05, 3.63) is 89.8 Å². The van der Waals surface area contributed by atoms with Gasteiger partial charge in [-0.1, -0.05) is 48.5 Å². The number of carbonyl (C=O) groups excluding carboxylic acids is 2. The molecule has 3 aromatic rings. The number of nitrogens with one attached hydrogen (secondary N) is 1. The molecule has 1 N–H and O–H groups in total. The number of nitrogens with zero attached hydrogens (tertiary/aromatic N) is 3. The molecule has 1 unspecified atom stereocenters. The standard InChI is InChI=1S/C22H21FN4O2/c23-19-9-5-4-8-18(19)21-22(29)25-10-11-27(21)20(28)12-17-13-24-15-26(17)14-16-6-2-1-3-7-16/h1-9,13,15,21H,10-12,14H2,(H,25,29). The van der Waals surface area contributed by atoms with Gasteiger partial charge in [-0.3, -0.25) is 9.59 Å². The third-order valence-electron chi connectivity index (χ3n) is 5.06. The van der Waals surface area contributed by atoms with E-state index in [0.29, 0.717) is 19.6 Å². The zero-order valence-electron chi connectivity index (χ0n) is 15.8. The van der Waals surface area contributed by atoms with E-state index in [-0.39, 0.29) is 23.8 Å². The van der Waals surface area contributed by atoms with Crippen LogP contribution in [0.4, 0.5) is 4.39 Å². The summed E-state index contributed by atoms with van der Waals surface area (Å²) in [5.41, 5.74) is 2.05. The SMILES string of the molecule is O=C1NCCN(C(=O)Cc2cncn2Cc2ccccc2)C1c1ccccc1F. The van der Waals surface area contributed by atoms with Crippen molar-refractivity contribution < 1.29 is 14.0 Å². The molecule has 6 nitrogen and oxygen atoms in total. The van der Waals surface area contributed by atoms with E-state index < -0.39 is 11.9 Å². The molecular formula is C22H21FN4O2. The summed E-state index contributed by atoms with van der Waals surface area (Å²) in [5, 5.41) is 2.73. The first-order valence-electron chi connectivity index (χ1n) is 9.48. The third kappa shape index (κ3) is 4.03. The predicted octanol–water partition coefficient (Wildman–Crippen LogP) is 2.31. The Bertz CT molecular complexity index is 1020. The molecule has 1 aliphatic rings. The first-order chi connectivity index (χ1) is 14.1. The summed E-state index contributed by atoms with van der Waals surface area (Å²) in [6.45, 7) is 1.27. The summed E-state index contributed by atoms with van der Waals surface area (Å²) in [6, 6.07) is 15.0. The maximum Gasteiger partial charge on any atom is 0.247 e. The molecule has 1 saturated heterocycles. The Morgan fingerprint density at radius 3 is 2.69 bits per heavy atom. The molecule has 2 aromatic carbocycles. The van der Waals surface area contributed by atoms with Crippen LogP contribution in [0.25, 0.3) is 0 Å². The molecular weight excluding hydrogens is 371 g/mol. The maximum absolute atomic E-state index is 14.3. The summed E-state index contributed by atoms with van der Waals surface area (Å²) >= 11 is 0. The first-order valence-corrected chi connectivity index (χ1v) is 9.48. The lowest BCUT2D eigenvalue weighted by molar-refractivity contribution is -0.143. The second kappa shape index (κ2) is 8.26. The Kier molecular flexibility index (Phi) is 5.37. The maximum atomic E-state index is 14.3. The van der Waals surface area contributed by atoms with Gasteiger partial charge in [0.05, 0.1) is 12.7 Å². The number of hydrogen-bond acceptors (Lipinski definition) is 3. The third-order valence-corrected chi connectivity index (χ3v) is 5.06. The lowest BCUT2D eigenvalue weighted by atomic mass is 10.0. The molecule has 1 fully saturated rings. The van der Waals surface area contributed by atoms with Crippen molar-refractivity contribution >= 4 is 11.8 Å². The molecule has 29 heavy (non-hydrogen) atoms. The minimum absolute atomic E-state index is 0.0884. The number of amides is 2. The van der Waals surface area contributed by atoms with Crippen molar-refractivity contribution in [2.24, 2.45) is 0 Å². The minimum Gasteiger partial charge on any atom is -0.352 e. The molecule has 0 aliphatic carbocycles. The fraction of sp³-hybridized carbons (Fsp3) is 0.227. The van der Waals surface area contributed by atoms with Gasteiger partial charge in [0.25, 0.3) is 0 Å². The van der Waals surface area contributed by atoms with Gasteiger partial charge in [0.2, 0.25) is 11.8 Å². The fourth-order valence-electron chi connectivity index (χ4n) is 3.62. The van der Waals surface area contributed by atoms with Crippen molar-refractivity contribution in [3.63, 3.8) is 0 Å². The average Bonchev–Trinajstić information content (AvgIpc) is 3.16. The van der Waals surface area contributed by atoms with E-state index in [1.54, 1.807) is 30.7 Å². The molecule has 4 rings (SSSR count). The van der Waals surface area contributed by atoms with Crippen molar-refractivity contribution in [1.82, 2.24) is 19.8 Å². The molecule has 7 heteroatoms. The Labute approximate surface area is 168 Å². The molecule has 1 aromatic heterocycles. The zero-order valence-corrected chi connectivity index (χ0v) is 15.8. The van der Waals surface area contributed by atoms with Gasteiger partial charge in [-0.05, 0) is 11.6 Å². The highest BCUT2D eigenvalue weighted by Gasteiger charge is 2.36. The molecule has 0 spiro atoms. The molecule has 2 amide bonds. The van der Waals surface area contributed by atoms with Crippen LogP contribution < -0.4 is 5.32 Å². The highest BCUT2D eigenvalue weighted by Crippen LogP contribution is 2.26. The molecule has 1 atom stereocenters. The smallest absolute Gasteiger partial charge is 0.247 e. The van der Waals surface area contributed by atoms with Crippen LogP contribution >= 0.6 is 0 Å². The average molecular weight is 392 g/mol. The number of imidazole rings is 1. The monoisotopic (exact) mass is 392 g/mol. The van der Waals surface area contributed by atoms with E-state index in [1.807, 2.05) is 34.9 Å². The van der Waals surface area contributed by atoms with Crippen molar-refractivity contribution in [2.45, 2.75) is 19.0 Å². The molecule has 148 valence electrons. The number of piperazine rings is 1. The van der Waals surface area contributed by atoms with Crippen LogP contribution in [0, 0.1) is 5.82 Å². The molecule has 0 radical (unpaired) electrons. The van der Waals surface area contributed by atoms with Crippen LogP contribution in [0.5, 0.6) is 0 Å². The fourth-order valence-corrected chi connectivity index (χ4v) is 3.62. The number of halogens is 1. The van der Waals surface area contributed by atoms with E-state index in [1.165, 1.54) is 11.0 Å². The van der Waals surface area contributed by atoms with Crippen LogP contribution in [0.15, 0.2) is 67.1 Å². The topological polar surface area (TPSA) is 67.2 Å². The van der Waals surface area contributed by atoms with Gasteiger partial charge >= 0.3 is 0 Å². The summed E-state index contributed by atoms with van der Waals surface area (Å²) < 4.78 is 16.2. The van der Waals surface area contributed by atoms with Crippen LogP contribution in [-0.2, 0) is 22.6 Å². The van der Waals surface area contributed by atoms with E-state index in [0.717, 1.165) is 11.3 Å². The van der Waals surface area contributed by atoms with Gasteiger partial charge in [-0.25, -0.2) is 9.37 Å². The van der Waals surface area contributed by atoms with E-state index in [4.69, 9.17) is 0 Å². The zero-order chi connectivity index (χ0) is 20.2. The highest BCUT2D eigenvalue weighted by molar-refractivity contribution is 5.90. The van der Waals surface area contributed by atoms with Crippen molar-refractivity contribution in [1.29, 1.82) is 0 Å². The van der Waals surface area contributed by atoms with Gasteiger partial charge in [0.15, 0.2) is 0 Å². The predicted molar refractivity (Wildman–Crippen MR) is 105 cm³/mol. The second-order valence-corrected chi connectivity index (χ2v) is 6.98. The normalized spacial score (nSPS) is 16.5. The lowest BCUT2D eigenvalue weighted by Gasteiger charge is -2.35. The summed E-state index contributed by atoms with van der Waals surface area (Å²) in [7, 11) is 0. The number of hydrogen-bond donors (Lipinski definition) is 1. The number of aromatic nitrogens is 2. The van der Waals surface area contributed by atoms with Gasteiger partial charge in [0, 0.05) is 37.1 Å². The Balaban J connectivity index is 1.55. The van der Waals surface area contributed by atoms with E-state index in [9.17, 15) is 14.0 Å². The van der Waals surface area contributed by atoms with Gasteiger partial charge in [-0.15, -0.1) is 0 Å². The summed E-state index contributed by atoms with van der Waals surface area (Å²) in [6.07, 6.45) is 3.43. The number of rotatable bonds is 5. The first kappa shape index (κ1) is 18.9. The minimum atomic E-state index is -0.969. The van der Waals surface area contributed by atoms with Gasteiger partial charge in [0.1, 0.15) is 11.9 Å². The van der Waals surface area contributed by atoms with Crippen LogP contribution in [0.1, 0.15) is 22.9 Å². The van der Waals surface area contributed by atoms with E-state index in [2.05, 4.69) is 10.3 Å². The van der Waals surface area contributed by atoms with Crippen LogP contribution in [0.3, 0.4) is 0 Å². The van der Waals surface area contributed by atoms with Crippen LogP contribution in [0.2, 0.25) is 0 Å². The van der Waals surface area contributed by atoms with Crippen molar-refractivity contribution in [2.75, 3.05) is 13.1 Å². The quantitative estimate of drug-likeness (QED) is 0.725. The van der Waals surface area contributed by atoms with Gasteiger partial charge in [-0.2, -0.15) is 0 Å². The largest absolute Gasteiger partial charge is 0.352 e. The molecule has 0 bridgehead atoms. The Morgan fingerprint density at radius 1 is 1.14 bits per heavy atom.